The van der Waals surface area contributed by atoms with E-state index in [1.807, 2.05) is 38.1 Å². The summed E-state index contributed by atoms with van der Waals surface area (Å²) in [6, 6.07) is 9.53. The Kier molecular flexibility index (Phi) is 2.71. The molecule has 0 aliphatic carbocycles. The van der Waals surface area contributed by atoms with Crippen LogP contribution in [-0.4, -0.2) is 22.3 Å². The molecule has 0 unspecified atom stereocenters. The van der Waals surface area contributed by atoms with E-state index in [0.717, 1.165) is 21.7 Å². The lowest BCUT2D eigenvalue weighted by atomic mass is 10.0. The number of aromatic nitrogens is 2. The quantitative estimate of drug-likeness (QED) is 0.714. The van der Waals surface area contributed by atoms with Crippen LogP contribution in [0.25, 0.3) is 21.7 Å². The van der Waals surface area contributed by atoms with Crippen molar-refractivity contribution in [2.45, 2.75) is 20.0 Å². The molecule has 2 aromatic carbocycles. The fourth-order valence-corrected chi connectivity index (χ4v) is 2.15. The average Bonchev–Trinajstić information content (AvgIpc) is 2.85. The number of H-pyrrole nitrogens is 1. The van der Waals surface area contributed by atoms with Gasteiger partial charge in [0.15, 0.2) is 0 Å². The van der Waals surface area contributed by atoms with E-state index >= 15 is 0 Å². The van der Waals surface area contributed by atoms with Gasteiger partial charge < -0.3 is 4.74 Å². The zero-order valence-electron chi connectivity index (χ0n) is 10.8. The van der Waals surface area contributed by atoms with Crippen molar-refractivity contribution in [2.75, 3.05) is 0 Å². The number of carbonyl (C=O) groups excluding carboxylic acids is 1. The second kappa shape index (κ2) is 4.39. The number of fused-ring (bicyclic) bond motifs is 3. The van der Waals surface area contributed by atoms with E-state index in [2.05, 4.69) is 10.2 Å². The minimum Gasteiger partial charge on any atom is -0.459 e. The fraction of sp³-hybridized carbons (Fsp3) is 0.200. The summed E-state index contributed by atoms with van der Waals surface area (Å²) in [5.41, 5.74) is 1.56. The van der Waals surface area contributed by atoms with E-state index < -0.39 is 0 Å². The highest BCUT2D eigenvalue weighted by Gasteiger charge is 2.10. The van der Waals surface area contributed by atoms with Crippen molar-refractivity contribution in [3.8, 4) is 0 Å². The van der Waals surface area contributed by atoms with E-state index in [4.69, 9.17) is 4.74 Å². The topological polar surface area (TPSA) is 55.0 Å². The molecule has 3 aromatic rings. The standard InChI is InChI=1S/C15H14N2O2/c1-9(2)19-15(18)11-5-6-13-10(7-11)3-4-12-8-16-17-14(12)13/h3-9H,1-2H3,(H,16,17). The van der Waals surface area contributed by atoms with Crippen molar-refractivity contribution in [1.29, 1.82) is 0 Å². The number of nitrogens with one attached hydrogen (secondary N) is 1. The highest BCUT2D eigenvalue weighted by Crippen LogP contribution is 2.24. The molecule has 0 radical (unpaired) electrons. The maximum Gasteiger partial charge on any atom is 0.338 e. The zero-order chi connectivity index (χ0) is 13.4. The number of esters is 1. The third-order valence-corrected chi connectivity index (χ3v) is 3.01. The smallest absolute Gasteiger partial charge is 0.338 e. The fourth-order valence-electron chi connectivity index (χ4n) is 2.15. The molecule has 0 amide bonds. The van der Waals surface area contributed by atoms with Gasteiger partial charge in [-0.2, -0.15) is 5.10 Å². The lowest BCUT2D eigenvalue weighted by Crippen LogP contribution is -2.11. The van der Waals surface area contributed by atoms with Crippen molar-refractivity contribution >= 4 is 27.6 Å². The Hall–Kier alpha value is -2.36. The molecular weight excluding hydrogens is 240 g/mol. The Morgan fingerprint density at radius 2 is 2.00 bits per heavy atom. The summed E-state index contributed by atoms with van der Waals surface area (Å²) < 4.78 is 5.20. The summed E-state index contributed by atoms with van der Waals surface area (Å²) in [5.74, 6) is -0.290. The van der Waals surface area contributed by atoms with Crippen molar-refractivity contribution in [1.82, 2.24) is 10.2 Å². The van der Waals surface area contributed by atoms with Gasteiger partial charge >= 0.3 is 5.97 Å². The second-order valence-corrected chi connectivity index (χ2v) is 4.79. The monoisotopic (exact) mass is 254 g/mol. The van der Waals surface area contributed by atoms with Gasteiger partial charge in [-0.15, -0.1) is 0 Å². The molecule has 4 heteroatoms. The average molecular weight is 254 g/mol. The molecule has 4 nitrogen and oxygen atoms in total. The molecule has 0 saturated carbocycles. The number of rotatable bonds is 2. The van der Waals surface area contributed by atoms with Crippen molar-refractivity contribution in [3.05, 3.63) is 42.1 Å². The van der Waals surface area contributed by atoms with Crippen LogP contribution in [0.3, 0.4) is 0 Å². The molecule has 0 bridgehead atoms. The van der Waals surface area contributed by atoms with E-state index in [9.17, 15) is 4.79 Å². The Morgan fingerprint density at radius 3 is 2.79 bits per heavy atom. The van der Waals surface area contributed by atoms with Crippen molar-refractivity contribution in [3.63, 3.8) is 0 Å². The number of nitrogens with zero attached hydrogens (tertiary/aromatic N) is 1. The second-order valence-electron chi connectivity index (χ2n) is 4.79. The van der Waals surface area contributed by atoms with Gasteiger partial charge in [-0.1, -0.05) is 18.2 Å². The highest BCUT2D eigenvalue weighted by atomic mass is 16.5. The summed E-state index contributed by atoms with van der Waals surface area (Å²) in [5, 5.41) is 10.1. The summed E-state index contributed by atoms with van der Waals surface area (Å²) in [6.07, 6.45) is 1.67. The first-order valence-electron chi connectivity index (χ1n) is 6.22. The van der Waals surface area contributed by atoms with Gasteiger partial charge in [0.05, 0.1) is 23.4 Å². The number of hydrogen-bond acceptors (Lipinski definition) is 3. The number of aromatic amines is 1. The molecule has 1 aromatic heterocycles. The summed E-state index contributed by atoms with van der Waals surface area (Å²) in [7, 11) is 0. The first kappa shape index (κ1) is 11.7. The van der Waals surface area contributed by atoms with Crippen molar-refractivity contribution < 1.29 is 9.53 Å². The van der Waals surface area contributed by atoms with Gasteiger partial charge in [0.2, 0.25) is 0 Å². The molecule has 96 valence electrons. The predicted octanol–water partition coefficient (Wildman–Crippen LogP) is 3.28. The minimum absolute atomic E-state index is 0.113. The van der Waals surface area contributed by atoms with Gasteiger partial charge in [-0.3, -0.25) is 5.10 Å². The Labute approximate surface area is 110 Å². The van der Waals surface area contributed by atoms with Gasteiger partial charge in [0, 0.05) is 10.8 Å². The summed E-state index contributed by atoms with van der Waals surface area (Å²) in [4.78, 5) is 11.9. The molecular formula is C15H14N2O2. The molecule has 0 aliphatic rings. The van der Waals surface area contributed by atoms with Crippen LogP contribution in [0.1, 0.15) is 24.2 Å². The number of carbonyl (C=O) groups is 1. The summed E-state index contributed by atoms with van der Waals surface area (Å²) >= 11 is 0. The lowest BCUT2D eigenvalue weighted by Gasteiger charge is -2.08. The Balaban J connectivity index is 2.11. The molecule has 19 heavy (non-hydrogen) atoms. The molecule has 0 atom stereocenters. The van der Waals surface area contributed by atoms with Gasteiger partial charge in [0.25, 0.3) is 0 Å². The molecule has 1 N–H and O–H groups in total. The van der Waals surface area contributed by atoms with Crippen LogP contribution in [0, 0.1) is 0 Å². The zero-order valence-corrected chi connectivity index (χ0v) is 10.8. The molecule has 0 saturated heterocycles. The maximum atomic E-state index is 11.9. The minimum atomic E-state index is -0.290. The number of ether oxygens (including phenoxy) is 1. The first-order chi connectivity index (χ1) is 9.15. The van der Waals surface area contributed by atoms with Gasteiger partial charge in [-0.05, 0) is 31.4 Å². The van der Waals surface area contributed by atoms with Crippen LogP contribution < -0.4 is 0 Å². The Bertz CT molecular complexity index is 759. The Morgan fingerprint density at radius 1 is 1.21 bits per heavy atom. The van der Waals surface area contributed by atoms with E-state index in [0.29, 0.717) is 5.56 Å². The molecule has 0 aliphatic heterocycles. The first-order valence-corrected chi connectivity index (χ1v) is 6.22. The van der Waals surface area contributed by atoms with Crippen LogP contribution in [-0.2, 0) is 4.74 Å². The van der Waals surface area contributed by atoms with E-state index in [1.165, 1.54) is 0 Å². The number of benzene rings is 2. The SMILES string of the molecule is CC(C)OC(=O)c1ccc2c(ccc3cn[nH]c32)c1. The largest absolute Gasteiger partial charge is 0.459 e. The van der Waals surface area contributed by atoms with Gasteiger partial charge in [0.1, 0.15) is 0 Å². The highest BCUT2D eigenvalue weighted by molar-refractivity contribution is 6.07. The number of hydrogen-bond donors (Lipinski definition) is 1. The molecule has 1 heterocycles. The van der Waals surface area contributed by atoms with Crippen molar-refractivity contribution in [2.24, 2.45) is 0 Å². The normalized spacial score (nSPS) is 11.3. The van der Waals surface area contributed by atoms with Crippen LogP contribution in [0.15, 0.2) is 36.5 Å². The summed E-state index contributed by atoms with van der Waals surface area (Å²) in [6.45, 7) is 3.68. The molecule has 0 spiro atoms. The van der Waals surface area contributed by atoms with Crippen LogP contribution in [0.2, 0.25) is 0 Å². The molecule has 0 fully saturated rings. The van der Waals surface area contributed by atoms with E-state index in [-0.39, 0.29) is 12.1 Å². The predicted molar refractivity (Wildman–Crippen MR) is 74.2 cm³/mol. The maximum absolute atomic E-state index is 11.9. The third kappa shape index (κ3) is 2.05. The van der Waals surface area contributed by atoms with Crippen LogP contribution in [0.4, 0.5) is 0 Å². The third-order valence-electron chi connectivity index (χ3n) is 3.01. The van der Waals surface area contributed by atoms with Crippen LogP contribution >= 0.6 is 0 Å². The van der Waals surface area contributed by atoms with Gasteiger partial charge in [-0.25, -0.2) is 4.79 Å². The van der Waals surface area contributed by atoms with E-state index in [1.54, 1.807) is 12.3 Å². The lowest BCUT2D eigenvalue weighted by molar-refractivity contribution is 0.0378. The van der Waals surface area contributed by atoms with Crippen LogP contribution in [0.5, 0.6) is 0 Å². The molecule has 3 rings (SSSR count).